The molecule has 2 atom stereocenters. The molecule has 0 radical (unpaired) electrons. The largest absolute Gasteiger partial charge is 0.335 e. The number of unbranched alkanes of at least 4 members (excludes halogenated alkanes) is 1. The van der Waals surface area contributed by atoms with Crippen molar-refractivity contribution in [2.75, 3.05) is 19.6 Å². The van der Waals surface area contributed by atoms with Crippen molar-refractivity contribution in [3.63, 3.8) is 0 Å². The molecule has 4 saturated carbocycles. The van der Waals surface area contributed by atoms with Crippen molar-refractivity contribution in [1.82, 2.24) is 4.90 Å². The molecule has 4 aliphatic carbocycles. The Hall–Kier alpha value is -2.83. The molecule has 4 bridgehead atoms. The van der Waals surface area contributed by atoms with Gasteiger partial charge in [0.1, 0.15) is 5.78 Å². The van der Waals surface area contributed by atoms with Crippen molar-refractivity contribution in [3.05, 3.63) is 71.3 Å². The SMILES string of the molecule is Cc1ccc(CCC(=O)CN(C[C@@H](CC(=O)[C@@H](N)CCCCN)Cc2ccccc2)C(=O)CC23CC4CC(CC(C4)C2)C3)cc1. The van der Waals surface area contributed by atoms with Crippen LogP contribution in [0.15, 0.2) is 54.6 Å². The molecule has 2 aromatic rings. The van der Waals surface area contributed by atoms with Crippen molar-refractivity contribution in [3.8, 4) is 0 Å². The lowest BCUT2D eigenvalue weighted by atomic mass is 9.49. The van der Waals surface area contributed by atoms with E-state index in [1.807, 2.05) is 23.1 Å². The fourth-order valence-corrected chi connectivity index (χ4v) is 9.09. The Balaban J connectivity index is 1.31. The first-order chi connectivity index (χ1) is 21.7. The van der Waals surface area contributed by atoms with Gasteiger partial charge in [0, 0.05) is 25.8 Å². The normalized spacial score (nSPS) is 24.7. The van der Waals surface area contributed by atoms with Crippen molar-refractivity contribution in [2.24, 2.45) is 40.6 Å². The number of nitrogens with zero attached hydrogens (tertiary/aromatic N) is 1. The molecule has 45 heavy (non-hydrogen) atoms. The highest BCUT2D eigenvalue weighted by atomic mass is 16.2. The van der Waals surface area contributed by atoms with E-state index in [1.165, 1.54) is 24.8 Å². The Morgan fingerprint density at radius 2 is 1.53 bits per heavy atom. The standard InChI is InChI=1S/C39H55N3O3/c1-28-10-12-29(13-11-28)14-15-35(43)27-42(38(45)25-39-22-31-18-32(23-39)20-33(19-31)24-39)26-34(17-30-7-3-2-4-8-30)21-37(44)36(41)9-5-6-16-40/h2-4,7-8,10-13,31-34,36H,5-6,9,14-27,40-41H2,1H3/t31?,32?,33?,34-,36+,39?/m1/s1. The molecule has 0 spiro atoms. The zero-order valence-corrected chi connectivity index (χ0v) is 27.4. The average molecular weight is 614 g/mol. The number of carbonyl (C=O) groups is 3. The summed E-state index contributed by atoms with van der Waals surface area (Å²) in [5.41, 5.74) is 15.6. The molecule has 4 N–H and O–H groups in total. The second-order valence-electron chi connectivity index (χ2n) is 15.0. The topological polar surface area (TPSA) is 106 Å². The number of hydrogen-bond acceptors (Lipinski definition) is 5. The summed E-state index contributed by atoms with van der Waals surface area (Å²) in [4.78, 5) is 43.0. The summed E-state index contributed by atoms with van der Waals surface area (Å²) in [5.74, 6) is 2.39. The minimum Gasteiger partial charge on any atom is -0.335 e. The summed E-state index contributed by atoms with van der Waals surface area (Å²) in [6, 6.07) is 18.0. The number of hydrogen-bond donors (Lipinski definition) is 2. The average Bonchev–Trinajstić information content (AvgIpc) is 3.00. The Morgan fingerprint density at radius 3 is 2.16 bits per heavy atom. The molecule has 6 heteroatoms. The highest BCUT2D eigenvalue weighted by Crippen LogP contribution is 2.61. The van der Waals surface area contributed by atoms with E-state index in [2.05, 4.69) is 43.3 Å². The highest BCUT2D eigenvalue weighted by molar-refractivity contribution is 5.87. The molecular weight excluding hydrogens is 558 g/mol. The summed E-state index contributed by atoms with van der Waals surface area (Å²) >= 11 is 0. The van der Waals surface area contributed by atoms with Crippen LogP contribution in [0, 0.1) is 36.0 Å². The number of nitrogens with two attached hydrogens (primary N) is 2. The maximum atomic E-state index is 14.3. The van der Waals surface area contributed by atoms with Crippen molar-refractivity contribution in [1.29, 1.82) is 0 Å². The smallest absolute Gasteiger partial charge is 0.223 e. The first-order valence-electron chi connectivity index (χ1n) is 17.6. The van der Waals surface area contributed by atoms with Crippen LogP contribution in [0.5, 0.6) is 0 Å². The van der Waals surface area contributed by atoms with Crippen LogP contribution in [-0.4, -0.2) is 48.0 Å². The van der Waals surface area contributed by atoms with Crippen LogP contribution in [-0.2, 0) is 27.2 Å². The van der Waals surface area contributed by atoms with E-state index >= 15 is 0 Å². The minimum atomic E-state index is -0.526. The van der Waals surface area contributed by atoms with Gasteiger partial charge >= 0.3 is 0 Å². The summed E-state index contributed by atoms with van der Waals surface area (Å²) < 4.78 is 0. The summed E-state index contributed by atoms with van der Waals surface area (Å²) in [5, 5.41) is 0. The van der Waals surface area contributed by atoms with Crippen molar-refractivity contribution in [2.45, 2.75) is 103 Å². The Morgan fingerprint density at radius 1 is 0.889 bits per heavy atom. The van der Waals surface area contributed by atoms with E-state index in [0.717, 1.165) is 61.0 Å². The number of rotatable bonds is 18. The van der Waals surface area contributed by atoms with Gasteiger partial charge in [0.25, 0.3) is 0 Å². The molecule has 0 aromatic heterocycles. The Kier molecular flexibility index (Phi) is 11.7. The van der Waals surface area contributed by atoms with Gasteiger partial charge in [0.2, 0.25) is 5.91 Å². The fraction of sp³-hybridized carbons (Fsp3) is 0.615. The lowest BCUT2D eigenvalue weighted by Gasteiger charge is -2.57. The summed E-state index contributed by atoms with van der Waals surface area (Å²) in [7, 11) is 0. The summed E-state index contributed by atoms with van der Waals surface area (Å²) in [6.45, 7) is 3.17. The maximum absolute atomic E-state index is 14.3. The molecular formula is C39H55N3O3. The zero-order chi connectivity index (χ0) is 31.8. The van der Waals surface area contributed by atoms with Gasteiger partial charge in [-0.2, -0.15) is 0 Å². The van der Waals surface area contributed by atoms with Crippen LogP contribution >= 0.6 is 0 Å². The van der Waals surface area contributed by atoms with Gasteiger partial charge in [-0.1, -0.05) is 66.6 Å². The van der Waals surface area contributed by atoms with E-state index in [-0.39, 0.29) is 35.4 Å². The third-order valence-corrected chi connectivity index (χ3v) is 10.9. The zero-order valence-electron chi connectivity index (χ0n) is 27.4. The lowest BCUT2D eigenvalue weighted by molar-refractivity contribution is -0.143. The lowest BCUT2D eigenvalue weighted by Crippen LogP contribution is -2.49. The second-order valence-corrected chi connectivity index (χ2v) is 15.0. The van der Waals surface area contributed by atoms with E-state index in [1.54, 1.807) is 0 Å². The highest BCUT2D eigenvalue weighted by Gasteiger charge is 2.51. The van der Waals surface area contributed by atoms with Crippen LogP contribution in [0.25, 0.3) is 0 Å². The van der Waals surface area contributed by atoms with E-state index < -0.39 is 6.04 Å². The van der Waals surface area contributed by atoms with E-state index in [9.17, 15) is 14.4 Å². The number of Topliss-reactive ketones (excluding diaryl/α,β-unsaturated/α-hetero) is 2. The minimum absolute atomic E-state index is 0.0344. The summed E-state index contributed by atoms with van der Waals surface area (Å²) in [6.07, 6.45) is 12.4. The second kappa shape index (κ2) is 15.6. The van der Waals surface area contributed by atoms with Gasteiger partial charge in [0.05, 0.1) is 12.6 Å². The van der Waals surface area contributed by atoms with Crippen LogP contribution in [0.4, 0.5) is 0 Å². The van der Waals surface area contributed by atoms with E-state index in [4.69, 9.17) is 11.5 Å². The van der Waals surface area contributed by atoms with Gasteiger partial charge in [-0.15, -0.1) is 0 Å². The molecule has 1 amide bonds. The van der Waals surface area contributed by atoms with Crippen LogP contribution in [0.3, 0.4) is 0 Å². The maximum Gasteiger partial charge on any atom is 0.223 e. The molecule has 0 aliphatic heterocycles. The molecule has 0 heterocycles. The number of aryl methyl sites for hydroxylation is 2. The van der Waals surface area contributed by atoms with Gasteiger partial charge in [-0.25, -0.2) is 0 Å². The molecule has 244 valence electrons. The van der Waals surface area contributed by atoms with Crippen LogP contribution in [0.1, 0.15) is 93.7 Å². The van der Waals surface area contributed by atoms with E-state index in [0.29, 0.717) is 51.6 Å². The monoisotopic (exact) mass is 613 g/mol. The Labute approximate surface area is 270 Å². The molecule has 6 rings (SSSR count). The molecule has 0 unspecified atom stereocenters. The van der Waals surface area contributed by atoms with Gasteiger partial charge in [-0.05, 0) is 118 Å². The quantitative estimate of drug-likeness (QED) is 0.195. The number of ketones is 2. The van der Waals surface area contributed by atoms with Gasteiger partial charge < -0.3 is 16.4 Å². The van der Waals surface area contributed by atoms with Crippen LogP contribution < -0.4 is 11.5 Å². The van der Waals surface area contributed by atoms with Crippen molar-refractivity contribution < 1.29 is 14.4 Å². The third kappa shape index (κ3) is 9.59. The first kappa shape index (κ1) is 33.5. The molecule has 4 fully saturated rings. The fourth-order valence-electron chi connectivity index (χ4n) is 9.09. The molecule has 4 aliphatic rings. The van der Waals surface area contributed by atoms with Gasteiger partial charge in [0.15, 0.2) is 5.78 Å². The number of amides is 1. The molecule has 0 saturated heterocycles. The predicted octanol–water partition coefficient (Wildman–Crippen LogP) is 6.21. The predicted molar refractivity (Wildman–Crippen MR) is 180 cm³/mol. The molecule has 6 nitrogen and oxygen atoms in total. The molecule has 2 aromatic carbocycles. The number of carbonyl (C=O) groups excluding carboxylic acids is 3. The Bertz CT molecular complexity index is 1240. The number of benzene rings is 2. The third-order valence-electron chi connectivity index (χ3n) is 10.9. The van der Waals surface area contributed by atoms with Crippen LogP contribution in [0.2, 0.25) is 0 Å². The first-order valence-corrected chi connectivity index (χ1v) is 17.6. The van der Waals surface area contributed by atoms with Crippen molar-refractivity contribution >= 4 is 17.5 Å². The van der Waals surface area contributed by atoms with Gasteiger partial charge in [-0.3, -0.25) is 14.4 Å².